The van der Waals surface area contributed by atoms with Gasteiger partial charge in [0.05, 0.1) is 44.7 Å². The van der Waals surface area contributed by atoms with Crippen molar-refractivity contribution in [1.29, 1.82) is 0 Å². The summed E-state index contributed by atoms with van der Waals surface area (Å²) in [7, 11) is 0. The van der Waals surface area contributed by atoms with Gasteiger partial charge in [0.2, 0.25) is 0 Å². The largest absolute Gasteiger partial charge is 0.309 e. The molecule has 4 heteroatoms. The van der Waals surface area contributed by atoms with Crippen LogP contribution in [0.1, 0.15) is 0 Å². The van der Waals surface area contributed by atoms with E-state index >= 15 is 0 Å². The summed E-state index contributed by atoms with van der Waals surface area (Å²) >= 11 is 0. The number of rotatable bonds is 1. The van der Waals surface area contributed by atoms with Crippen LogP contribution < -0.4 is 0 Å². The van der Waals surface area contributed by atoms with E-state index in [1.165, 1.54) is 87.1 Å². The van der Waals surface area contributed by atoms with Crippen LogP contribution in [0.4, 0.5) is 0 Å². The second-order valence-corrected chi connectivity index (χ2v) is 12.5. The smallest absolute Gasteiger partial charge is 0.0971 e. The normalized spacial score (nSPS) is 12.8. The minimum absolute atomic E-state index is 0.967. The summed E-state index contributed by atoms with van der Waals surface area (Å²) in [6.07, 6.45) is 3.59. The Hall–Kier alpha value is -6.26. The fraction of sp³-hybridized carbons (Fsp3) is 0. The molecule has 4 nitrogen and oxygen atoms in total. The summed E-state index contributed by atoms with van der Waals surface area (Å²) in [6, 6.07) is 44.8. The van der Waals surface area contributed by atoms with Crippen LogP contribution >= 0.6 is 0 Å². The van der Waals surface area contributed by atoms with Gasteiger partial charge in [-0.25, -0.2) is 0 Å². The fourth-order valence-electron chi connectivity index (χ4n) is 8.74. The van der Waals surface area contributed by atoms with E-state index in [4.69, 9.17) is 9.97 Å². The molecule has 4 heterocycles. The third kappa shape index (κ3) is 2.54. The molecular weight excluding hydrogens is 560 g/mol. The number of benzene rings is 7. The molecule has 0 saturated heterocycles. The van der Waals surface area contributed by atoms with E-state index in [0.717, 1.165) is 22.5 Å². The quantitative estimate of drug-likeness (QED) is 0.193. The molecule has 1 aliphatic carbocycles. The van der Waals surface area contributed by atoms with Crippen molar-refractivity contribution in [2.75, 3.05) is 0 Å². The maximum atomic E-state index is 4.75. The zero-order chi connectivity index (χ0) is 29.7. The first-order chi connectivity index (χ1) is 22.9. The molecule has 11 aromatic rings. The molecule has 210 valence electrons. The first kappa shape index (κ1) is 23.2. The third-order valence-corrected chi connectivity index (χ3v) is 10.5. The number of para-hydroxylation sites is 2. The van der Waals surface area contributed by atoms with E-state index in [1.54, 1.807) is 12.4 Å². The highest BCUT2D eigenvalue weighted by Gasteiger charge is 2.28. The highest BCUT2D eigenvalue weighted by atomic mass is 15.0. The van der Waals surface area contributed by atoms with E-state index in [1.807, 2.05) is 0 Å². The van der Waals surface area contributed by atoms with Crippen molar-refractivity contribution in [3.05, 3.63) is 134 Å². The molecule has 0 saturated carbocycles. The zero-order valence-corrected chi connectivity index (χ0v) is 24.5. The molecular formula is C42H22N4. The Bertz CT molecular complexity index is 3110. The van der Waals surface area contributed by atoms with Crippen LogP contribution in [0.5, 0.6) is 0 Å². The van der Waals surface area contributed by atoms with Crippen molar-refractivity contribution in [2.45, 2.75) is 0 Å². The molecule has 0 bridgehead atoms. The summed E-state index contributed by atoms with van der Waals surface area (Å²) < 4.78 is 5.03. The van der Waals surface area contributed by atoms with Crippen molar-refractivity contribution in [1.82, 2.24) is 18.9 Å². The molecule has 0 radical (unpaired) electrons. The van der Waals surface area contributed by atoms with Gasteiger partial charge in [0, 0.05) is 72.0 Å². The monoisotopic (exact) mass is 582 g/mol. The van der Waals surface area contributed by atoms with Gasteiger partial charge in [-0.05, 0) is 35.7 Å². The van der Waals surface area contributed by atoms with Crippen LogP contribution in [0, 0.1) is 0 Å². The lowest BCUT2D eigenvalue weighted by molar-refractivity contribution is 1.20. The molecule has 46 heavy (non-hydrogen) atoms. The maximum Gasteiger partial charge on any atom is 0.0971 e. The Balaban J connectivity index is 1.34. The molecule has 0 aliphatic heterocycles. The molecule has 0 spiro atoms. The lowest BCUT2D eigenvalue weighted by Gasteiger charge is -2.13. The van der Waals surface area contributed by atoms with Gasteiger partial charge in [-0.2, -0.15) is 0 Å². The second kappa shape index (κ2) is 7.87. The van der Waals surface area contributed by atoms with Gasteiger partial charge < -0.3 is 8.97 Å². The van der Waals surface area contributed by atoms with Gasteiger partial charge >= 0.3 is 0 Å². The van der Waals surface area contributed by atoms with Crippen LogP contribution in [0.25, 0.3) is 110 Å². The van der Waals surface area contributed by atoms with Gasteiger partial charge in [0.25, 0.3) is 0 Å². The summed E-state index contributed by atoms with van der Waals surface area (Å²) in [5.41, 5.74) is 11.7. The summed E-state index contributed by atoms with van der Waals surface area (Å²) in [5, 5.41) is 12.7. The first-order valence-corrected chi connectivity index (χ1v) is 15.8. The van der Waals surface area contributed by atoms with E-state index < -0.39 is 0 Å². The maximum absolute atomic E-state index is 4.75. The van der Waals surface area contributed by atoms with E-state index in [-0.39, 0.29) is 0 Å². The average Bonchev–Trinajstić information content (AvgIpc) is 3.83. The van der Waals surface area contributed by atoms with E-state index in [2.05, 4.69) is 130 Å². The fourth-order valence-corrected chi connectivity index (χ4v) is 8.74. The lowest BCUT2D eigenvalue weighted by Crippen LogP contribution is -1.96. The van der Waals surface area contributed by atoms with Crippen molar-refractivity contribution in [2.24, 2.45) is 0 Å². The van der Waals surface area contributed by atoms with Crippen LogP contribution in [0.3, 0.4) is 0 Å². The number of hydrogen-bond acceptors (Lipinski definition) is 2. The Kier molecular flexibility index (Phi) is 3.96. The molecule has 0 amide bonds. The van der Waals surface area contributed by atoms with Crippen molar-refractivity contribution in [3.63, 3.8) is 0 Å². The Morgan fingerprint density at radius 3 is 2.00 bits per heavy atom. The van der Waals surface area contributed by atoms with Crippen LogP contribution in [0.2, 0.25) is 0 Å². The van der Waals surface area contributed by atoms with Crippen LogP contribution in [-0.4, -0.2) is 18.9 Å². The standard InChI is InChI=1S/C42H22N4/c1-2-9-24-23(8-1)16-17-30-38-37-27-11-4-6-15-33(27)45(35(37)22-31-25-10-3-5-14-32(25)46(41(24)30)42(31)38)34-19-18-29-36-26(34)12-7-13-28(36)39-40(29)44-21-20-43-39/h1-22H. The predicted molar refractivity (Wildman–Crippen MR) is 190 cm³/mol. The number of aromatic nitrogens is 4. The van der Waals surface area contributed by atoms with E-state index in [0.29, 0.717) is 0 Å². The summed E-state index contributed by atoms with van der Waals surface area (Å²) in [6.45, 7) is 0. The summed E-state index contributed by atoms with van der Waals surface area (Å²) in [5.74, 6) is 0. The SMILES string of the molecule is c1ccc2c(c1)ccc1c3c4c5ccccc5n(-c5ccc6c7c(cccc57)-c5nccnc5-6)c4cc4c5ccccc5n(c21)c43. The number of hydrogen-bond donors (Lipinski definition) is 0. The molecule has 12 rings (SSSR count). The third-order valence-electron chi connectivity index (χ3n) is 10.5. The molecule has 7 aromatic carbocycles. The second-order valence-electron chi connectivity index (χ2n) is 12.5. The first-order valence-electron chi connectivity index (χ1n) is 15.8. The molecule has 0 unspecified atom stereocenters. The predicted octanol–water partition coefficient (Wildman–Crippen LogP) is 10.7. The van der Waals surface area contributed by atoms with Crippen molar-refractivity contribution in [3.8, 4) is 28.2 Å². The minimum atomic E-state index is 0.967. The van der Waals surface area contributed by atoms with E-state index in [9.17, 15) is 0 Å². The van der Waals surface area contributed by atoms with Gasteiger partial charge in [0.1, 0.15) is 0 Å². The molecule has 4 aromatic heterocycles. The Labute approximate surface area is 261 Å². The van der Waals surface area contributed by atoms with Crippen molar-refractivity contribution < 1.29 is 0 Å². The zero-order valence-electron chi connectivity index (χ0n) is 24.5. The van der Waals surface area contributed by atoms with Crippen LogP contribution in [0.15, 0.2) is 134 Å². The summed E-state index contributed by atoms with van der Waals surface area (Å²) in [4.78, 5) is 9.50. The minimum Gasteiger partial charge on any atom is -0.309 e. The molecule has 0 fully saturated rings. The number of nitrogens with zero attached hydrogens (tertiary/aromatic N) is 4. The van der Waals surface area contributed by atoms with Gasteiger partial charge in [0.15, 0.2) is 0 Å². The van der Waals surface area contributed by atoms with Crippen molar-refractivity contribution >= 4 is 81.4 Å². The molecule has 0 atom stereocenters. The topological polar surface area (TPSA) is 35.1 Å². The van der Waals surface area contributed by atoms with Gasteiger partial charge in [-0.3, -0.25) is 9.97 Å². The Morgan fingerprint density at radius 1 is 0.413 bits per heavy atom. The average molecular weight is 583 g/mol. The molecule has 1 aliphatic rings. The van der Waals surface area contributed by atoms with Gasteiger partial charge in [-0.1, -0.05) is 91.0 Å². The highest BCUT2D eigenvalue weighted by molar-refractivity contribution is 6.37. The van der Waals surface area contributed by atoms with Crippen LogP contribution in [-0.2, 0) is 0 Å². The molecule has 0 N–H and O–H groups in total. The number of fused-ring (bicyclic) bond motifs is 15. The highest BCUT2D eigenvalue weighted by Crippen LogP contribution is 2.50. The lowest BCUT2D eigenvalue weighted by atomic mass is 10.00. The Morgan fingerprint density at radius 2 is 1.13 bits per heavy atom. The van der Waals surface area contributed by atoms with Gasteiger partial charge in [-0.15, -0.1) is 0 Å².